The first-order chi connectivity index (χ1) is 8.29. The molecule has 3 nitrogen and oxygen atoms in total. The van der Waals surface area contributed by atoms with Gasteiger partial charge >= 0.3 is 0 Å². The Morgan fingerprint density at radius 1 is 1.29 bits per heavy atom. The van der Waals surface area contributed by atoms with Crippen LogP contribution in [0.3, 0.4) is 0 Å². The second-order valence-electron chi connectivity index (χ2n) is 3.40. The lowest BCUT2D eigenvalue weighted by Crippen LogP contribution is -1.87. The molecule has 17 heavy (non-hydrogen) atoms. The fourth-order valence-corrected chi connectivity index (χ4v) is 2.06. The normalized spacial score (nSPS) is 10.7. The van der Waals surface area contributed by atoms with Gasteiger partial charge in [0.15, 0.2) is 5.76 Å². The van der Waals surface area contributed by atoms with Crippen LogP contribution in [0.25, 0.3) is 11.3 Å². The summed E-state index contributed by atoms with van der Waals surface area (Å²) in [6, 6.07) is 7.43. The van der Waals surface area contributed by atoms with E-state index in [1.807, 2.05) is 24.3 Å². The zero-order valence-corrected chi connectivity index (χ0v) is 10.7. The summed E-state index contributed by atoms with van der Waals surface area (Å²) in [6.45, 7) is 0.176. The highest BCUT2D eigenvalue weighted by atomic mass is 35.5. The van der Waals surface area contributed by atoms with E-state index in [-0.39, 0.29) is 6.61 Å². The van der Waals surface area contributed by atoms with Crippen molar-refractivity contribution in [2.45, 2.75) is 5.75 Å². The summed E-state index contributed by atoms with van der Waals surface area (Å²) in [6.07, 6.45) is 1.71. The van der Waals surface area contributed by atoms with Crippen LogP contribution in [-0.2, 0) is 5.75 Å². The number of halogens is 1. The fourth-order valence-electron chi connectivity index (χ4n) is 1.35. The first-order valence-electron chi connectivity index (χ1n) is 5.19. The largest absolute Gasteiger partial charge is 0.440 e. The third-order valence-corrected chi connectivity index (χ3v) is 3.32. The van der Waals surface area contributed by atoms with Crippen molar-refractivity contribution in [2.75, 3.05) is 12.4 Å². The molecule has 2 rings (SSSR count). The minimum Gasteiger partial charge on any atom is -0.440 e. The molecule has 0 bridgehead atoms. The van der Waals surface area contributed by atoms with Crippen molar-refractivity contribution < 1.29 is 9.52 Å². The van der Waals surface area contributed by atoms with Crippen molar-refractivity contribution in [2.24, 2.45) is 0 Å². The topological polar surface area (TPSA) is 46.3 Å². The lowest BCUT2D eigenvalue weighted by Gasteiger charge is -1.96. The van der Waals surface area contributed by atoms with Gasteiger partial charge in [-0.05, 0) is 24.3 Å². The average molecular weight is 270 g/mol. The summed E-state index contributed by atoms with van der Waals surface area (Å²) in [7, 11) is 0. The predicted molar refractivity (Wildman–Crippen MR) is 70.2 cm³/mol. The molecule has 5 heteroatoms. The van der Waals surface area contributed by atoms with Gasteiger partial charge in [-0.25, -0.2) is 4.98 Å². The molecular weight excluding hydrogens is 258 g/mol. The highest BCUT2D eigenvalue weighted by Gasteiger charge is 2.06. The number of benzene rings is 1. The Kier molecular flexibility index (Phi) is 4.48. The fraction of sp³-hybridized carbons (Fsp3) is 0.250. The number of hydrogen-bond donors (Lipinski definition) is 1. The number of aliphatic hydroxyl groups is 1. The van der Waals surface area contributed by atoms with Gasteiger partial charge in [-0.3, -0.25) is 0 Å². The SMILES string of the molecule is OCCSCc1ncc(-c2ccc(Cl)cc2)o1. The van der Waals surface area contributed by atoms with Gasteiger partial charge < -0.3 is 9.52 Å². The van der Waals surface area contributed by atoms with Crippen molar-refractivity contribution in [3.05, 3.63) is 41.4 Å². The predicted octanol–water partition coefficient (Wildman–Crippen LogP) is 3.22. The van der Waals surface area contributed by atoms with Gasteiger partial charge in [0.2, 0.25) is 5.89 Å². The minimum absolute atomic E-state index is 0.176. The van der Waals surface area contributed by atoms with E-state index in [0.29, 0.717) is 22.4 Å². The molecule has 0 aliphatic carbocycles. The number of hydrogen-bond acceptors (Lipinski definition) is 4. The summed E-state index contributed by atoms with van der Waals surface area (Å²) in [5.41, 5.74) is 0.959. The van der Waals surface area contributed by atoms with Crippen LogP contribution in [0.1, 0.15) is 5.89 Å². The maximum Gasteiger partial charge on any atom is 0.204 e. The molecule has 0 saturated heterocycles. The second-order valence-corrected chi connectivity index (χ2v) is 4.94. The first kappa shape index (κ1) is 12.5. The van der Waals surface area contributed by atoms with Gasteiger partial charge in [0.1, 0.15) is 0 Å². The molecule has 1 N–H and O–H groups in total. The maximum atomic E-state index is 8.67. The zero-order chi connectivity index (χ0) is 12.1. The number of thioether (sulfide) groups is 1. The Morgan fingerprint density at radius 2 is 2.06 bits per heavy atom. The standard InChI is InChI=1S/C12H12ClNO2S/c13-10-3-1-9(2-4-10)11-7-14-12(16-11)8-17-6-5-15/h1-4,7,15H,5-6,8H2. The van der Waals surface area contributed by atoms with Gasteiger partial charge in [-0.1, -0.05) is 11.6 Å². The molecule has 0 spiro atoms. The van der Waals surface area contributed by atoms with Crippen LogP contribution in [-0.4, -0.2) is 22.5 Å². The Morgan fingerprint density at radius 3 is 2.76 bits per heavy atom. The third kappa shape index (κ3) is 3.49. The number of rotatable bonds is 5. The molecule has 90 valence electrons. The van der Waals surface area contributed by atoms with E-state index in [1.54, 1.807) is 18.0 Å². The number of oxazole rings is 1. The van der Waals surface area contributed by atoms with E-state index in [9.17, 15) is 0 Å². The molecule has 0 atom stereocenters. The Hall–Kier alpha value is -0.970. The molecule has 0 aliphatic heterocycles. The van der Waals surface area contributed by atoms with Gasteiger partial charge in [0, 0.05) is 16.3 Å². The highest BCUT2D eigenvalue weighted by Crippen LogP contribution is 2.23. The summed E-state index contributed by atoms with van der Waals surface area (Å²) in [5, 5.41) is 9.37. The Labute approximate surface area is 109 Å². The summed E-state index contributed by atoms with van der Waals surface area (Å²) < 4.78 is 5.60. The summed E-state index contributed by atoms with van der Waals surface area (Å²) in [5.74, 6) is 2.78. The molecule has 1 heterocycles. The number of aliphatic hydroxyl groups excluding tert-OH is 1. The van der Waals surface area contributed by atoms with Crippen LogP contribution in [0.2, 0.25) is 5.02 Å². The van der Waals surface area contributed by atoms with E-state index in [0.717, 1.165) is 11.3 Å². The monoisotopic (exact) mass is 269 g/mol. The zero-order valence-electron chi connectivity index (χ0n) is 9.10. The smallest absolute Gasteiger partial charge is 0.204 e. The molecule has 1 aromatic heterocycles. The van der Waals surface area contributed by atoms with Crippen LogP contribution >= 0.6 is 23.4 Å². The van der Waals surface area contributed by atoms with Gasteiger partial charge in [0.05, 0.1) is 18.6 Å². The van der Waals surface area contributed by atoms with Crippen LogP contribution in [0.5, 0.6) is 0 Å². The van der Waals surface area contributed by atoms with Crippen LogP contribution in [0.15, 0.2) is 34.9 Å². The molecule has 0 radical (unpaired) electrons. The minimum atomic E-state index is 0.176. The van der Waals surface area contributed by atoms with E-state index in [2.05, 4.69) is 4.98 Å². The van der Waals surface area contributed by atoms with E-state index < -0.39 is 0 Å². The Balaban J connectivity index is 2.04. The van der Waals surface area contributed by atoms with E-state index in [1.165, 1.54) is 0 Å². The van der Waals surface area contributed by atoms with Crippen molar-refractivity contribution >= 4 is 23.4 Å². The molecule has 0 saturated carbocycles. The maximum absolute atomic E-state index is 8.67. The molecule has 0 fully saturated rings. The summed E-state index contributed by atoms with van der Waals surface area (Å²) in [4.78, 5) is 4.18. The molecular formula is C12H12ClNO2S. The van der Waals surface area contributed by atoms with E-state index >= 15 is 0 Å². The molecule has 0 amide bonds. The van der Waals surface area contributed by atoms with Gasteiger partial charge in [-0.2, -0.15) is 0 Å². The highest BCUT2D eigenvalue weighted by molar-refractivity contribution is 7.98. The van der Waals surface area contributed by atoms with Crippen molar-refractivity contribution in [3.63, 3.8) is 0 Å². The van der Waals surface area contributed by atoms with Gasteiger partial charge in [0.25, 0.3) is 0 Å². The van der Waals surface area contributed by atoms with Crippen LogP contribution in [0, 0.1) is 0 Å². The molecule has 0 aliphatic rings. The third-order valence-electron chi connectivity index (χ3n) is 2.14. The summed E-state index contributed by atoms with van der Waals surface area (Å²) >= 11 is 7.41. The molecule has 1 aromatic carbocycles. The molecule has 0 unspecified atom stereocenters. The van der Waals surface area contributed by atoms with Crippen LogP contribution < -0.4 is 0 Å². The van der Waals surface area contributed by atoms with Gasteiger partial charge in [-0.15, -0.1) is 11.8 Å². The molecule has 2 aromatic rings. The first-order valence-corrected chi connectivity index (χ1v) is 6.72. The number of nitrogens with zero attached hydrogens (tertiary/aromatic N) is 1. The van der Waals surface area contributed by atoms with Crippen LogP contribution in [0.4, 0.5) is 0 Å². The lowest BCUT2D eigenvalue weighted by molar-refractivity contribution is 0.322. The van der Waals surface area contributed by atoms with Crippen molar-refractivity contribution in [1.82, 2.24) is 4.98 Å². The lowest BCUT2D eigenvalue weighted by atomic mass is 10.2. The quantitative estimate of drug-likeness (QED) is 0.847. The van der Waals surface area contributed by atoms with Crippen molar-refractivity contribution in [1.29, 1.82) is 0 Å². The average Bonchev–Trinajstić information content (AvgIpc) is 2.79. The Bertz CT molecular complexity index is 470. The van der Waals surface area contributed by atoms with E-state index in [4.69, 9.17) is 21.1 Å². The van der Waals surface area contributed by atoms with Crippen molar-refractivity contribution in [3.8, 4) is 11.3 Å². The number of aromatic nitrogens is 1. The second kappa shape index (κ2) is 6.10.